The van der Waals surface area contributed by atoms with Gasteiger partial charge >= 0.3 is 0 Å². The molecule has 0 heterocycles. The monoisotopic (exact) mass is 277 g/mol. The summed E-state index contributed by atoms with van der Waals surface area (Å²) in [5, 5.41) is 12.1. The molecule has 0 radical (unpaired) electrons. The average Bonchev–Trinajstić information content (AvgIpc) is 2.35. The lowest BCUT2D eigenvalue weighted by atomic mass is 9.90. The zero-order chi connectivity index (χ0) is 14.5. The van der Waals surface area contributed by atoms with E-state index in [4.69, 9.17) is 5.73 Å². The summed E-state index contributed by atoms with van der Waals surface area (Å²) in [5.41, 5.74) is 7.04. The summed E-state index contributed by atoms with van der Waals surface area (Å²) >= 11 is 0. The second-order valence-electron chi connectivity index (χ2n) is 5.34. The molecule has 4 N–H and O–H groups in total. The molecule has 5 heteroatoms. The number of hydrogen-bond donors (Lipinski definition) is 3. The summed E-state index contributed by atoms with van der Waals surface area (Å²) in [7, 11) is 0. The number of nitrogens with zero attached hydrogens (tertiary/aromatic N) is 1. The number of aliphatic hydroxyl groups excluding tert-OH is 1. The van der Waals surface area contributed by atoms with Crippen LogP contribution in [0.2, 0.25) is 0 Å². The highest BCUT2D eigenvalue weighted by Gasteiger charge is 2.31. The predicted octanol–water partition coefficient (Wildman–Crippen LogP) is 1.44. The molecular weight excluding hydrogens is 254 g/mol. The maximum atomic E-state index is 12.3. The molecule has 0 spiro atoms. The van der Waals surface area contributed by atoms with Gasteiger partial charge in [-0.3, -0.25) is 9.69 Å². The molecule has 1 aliphatic carbocycles. The number of nitrogens with two attached hydrogens (primary N) is 1. The van der Waals surface area contributed by atoms with Crippen LogP contribution in [0.1, 0.15) is 26.2 Å². The molecule has 5 nitrogen and oxygen atoms in total. The Morgan fingerprint density at radius 2 is 2.30 bits per heavy atom. The molecule has 1 unspecified atom stereocenters. The Morgan fingerprint density at radius 1 is 1.55 bits per heavy atom. The van der Waals surface area contributed by atoms with Crippen molar-refractivity contribution in [1.82, 2.24) is 4.90 Å². The molecule has 2 rings (SSSR count). The van der Waals surface area contributed by atoms with E-state index in [-0.39, 0.29) is 18.6 Å². The van der Waals surface area contributed by atoms with E-state index in [1.54, 1.807) is 12.1 Å². The minimum Gasteiger partial charge on any atom is -0.399 e. The maximum Gasteiger partial charge on any atom is 0.241 e. The molecule has 1 aliphatic rings. The standard InChI is InChI=1S/C15H23N3O2/c1-11(18(8-9-19)14-6-3-7-14)15(20)17-13-5-2-4-12(16)10-13/h2,4-5,10-11,14,19H,3,6-9,16H2,1H3,(H,17,20). The van der Waals surface area contributed by atoms with E-state index < -0.39 is 0 Å². The van der Waals surface area contributed by atoms with Gasteiger partial charge in [-0.2, -0.15) is 0 Å². The van der Waals surface area contributed by atoms with Crippen molar-refractivity contribution in [2.75, 3.05) is 24.2 Å². The third-order valence-corrected chi connectivity index (χ3v) is 3.93. The third kappa shape index (κ3) is 3.49. The van der Waals surface area contributed by atoms with Gasteiger partial charge in [-0.15, -0.1) is 0 Å². The van der Waals surface area contributed by atoms with Crippen molar-refractivity contribution in [3.05, 3.63) is 24.3 Å². The second-order valence-corrected chi connectivity index (χ2v) is 5.34. The fraction of sp³-hybridized carbons (Fsp3) is 0.533. The van der Waals surface area contributed by atoms with Crippen LogP contribution in [-0.2, 0) is 4.79 Å². The van der Waals surface area contributed by atoms with Gasteiger partial charge in [0, 0.05) is 24.0 Å². The molecule has 110 valence electrons. The number of aliphatic hydroxyl groups is 1. The van der Waals surface area contributed by atoms with Crippen molar-refractivity contribution in [2.24, 2.45) is 0 Å². The van der Waals surface area contributed by atoms with E-state index in [0.717, 1.165) is 12.8 Å². The van der Waals surface area contributed by atoms with Gasteiger partial charge in [-0.05, 0) is 38.0 Å². The van der Waals surface area contributed by atoms with Gasteiger partial charge in [-0.1, -0.05) is 12.5 Å². The van der Waals surface area contributed by atoms with E-state index in [1.807, 2.05) is 19.1 Å². The summed E-state index contributed by atoms with van der Waals surface area (Å²) < 4.78 is 0. The van der Waals surface area contributed by atoms with Crippen LogP contribution in [0.15, 0.2) is 24.3 Å². The fourth-order valence-electron chi connectivity index (χ4n) is 2.54. The number of nitrogen functional groups attached to an aromatic ring is 1. The molecule has 1 atom stereocenters. The molecule has 1 aromatic rings. The molecule has 1 fully saturated rings. The first-order valence-electron chi connectivity index (χ1n) is 7.15. The molecule has 20 heavy (non-hydrogen) atoms. The topological polar surface area (TPSA) is 78.6 Å². The van der Waals surface area contributed by atoms with Crippen molar-refractivity contribution in [3.63, 3.8) is 0 Å². The second kappa shape index (κ2) is 6.72. The zero-order valence-corrected chi connectivity index (χ0v) is 11.9. The Balaban J connectivity index is 1.99. The molecule has 0 aromatic heterocycles. The first kappa shape index (κ1) is 14.8. The highest BCUT2D eigenvalue weighted by atomic mass is 16.3. The van der Waals surface area contributed by atoms with Crippen LogP contribution >= 0.6 is 0 Å². The van der Waals surface area contributed by atoms with Crippen LogP contribution < -0.4 is 11.1 Å². The summed E-state index contributed by atoms with van der Waals surface area (Å²) in [4.78, 5) is 14.4. The van der Waals surface area contributed by atoms with Gasteiger partial charge in [0.1, 0.15) is 0 Å². The van der Waals surface area contributed by atoms with E-state index in [0.29, 0.717) is 24.0 Å². The fourth-order valence-corrected chi connectivity index (χ4v) is 2.54. The van der Waals surface area contributed by atoms with Gasteiger partial charge in [-0.25, -0.2) is 0 Å². The Bertz CT molecular complexity index is 460. The number of amides is 1. The SMILES string of the molecule is CC(C(=O)Nc1cccc(N)c1)N(CCO)C1CCC1. The zero-order valence-electron chi connectivity index (χ0n) is 11.9. The summed E-state index contributed by atoms with van der Waals surface area (Å²) in [6.07, 6.45) is 3.42. The van der Waals surface area contributed by atoms with Crippen LogP contribution in [0.4, 0.5) is 11.4 Å². The molecule has 1 saturated carbocycles. The van der Waals surface area contributed by atoms with Crippen molar-refractivity contribution < 1.29 is 9.90 Å². The van der Waals surface area contributed by atoms with Crippen molar-refractivity contribution >= 4 is 17.3 Å². The first-order chi connectivity index (χ1) is 9.61. The quantitative estimate of drug-likeness (QED) is 0.688. The summed E-state index contributed by atoms with van der Waals surface area (Å²) in [6.45, 7) is 2.50. The largest absolute Gasteiger partial charge is 0.399 e. The smallest absolute Gasteiger partial charge is 0.241 e. The van der Waals surface area contributed by atoms with E-state index >= 15 is 0 Å². The lowest BCUT2D eigenvalue weighted by Crippen LogP contribution is -2.51. The lowest BCUT2D eigenvalue weighted by Gasteiger charge is -2.40. The molecule has 1 amide bonds. The highest BCUT2D eigenvalue weighted by Crippen LogP contribution is 2.26. The van der Waals surface area contributed by atoms with Crippen molar-refractivity contribution in [3.8, 4) is 0 Å². The lowest BCUT2D eigenvalue weighted by molar-refractivity contribution is -0.122. The Hall–Kier alpha value is -1.59. The number of anilines is 2. The summed E-state index contributed by atoms with van der Waals surface area (Å²) in [6, 6.07) is 7.32. The third-order valence-electron chi connectivity index (χ3n) is 3.93. The molecule has 1 aromatic carbocycles. The average molecular weight is 277 g/mol. The normalized spacial score (nSPS) is 16.8. The Labute approximate surface area is 119 Å². The predicted molar refractivity (Wildman–Crippen MR) is 80.4 cm³/mol. The number of hydrogen-bond acceptors (Lipinski definition) is 4. The Morgan fingerprint density at radius 3 is 2.85 bits per heavy atom. The molecular formula is C15H23N3O2. The molecule has 0 aliphatic heterocycles. The van der Waals surface area contributed by atoms with Gasteiger partial charge in [0.05, 0.1) is 12.6 Å². The van der Waals surface area contributed by atoms with Crippen molar-refractivity contribution in [1.29, 1.82) is 0 Å². The minimum absolute atomic E-state index is 0.0593. The van der Waals surface area contributed by atoms with E-state index in [2.05, 4.69) is 10.2 Å². The van der Waals surface area contributed by atoms with Gasteiger partial charge in [0.2, 0.25) is 5.91 Å². The van der Waals surface area contributed by atoms with Crippen molar-refractivity contribution in [2.45, 2.75) is 38.3 Å². The van der Waals surface area contributed by atoms with E-state index in [9.17, 15) is 9.90 Å². The number of nitrogens with one attached hydrogen (secondary N) is 1. The van der Waals surface area contributed by atoms with Crippen LogP contribution in [-0.4, -0.2) is 41.1 Å². The van der Waals surface area contributed by atoms with Gasteiger partial charge < -0.3 is 16.2 Å². The maximum absolute atomic E-state index is 12.3. The van der Waals surface area contributed by atoms with Crippen LogP contribution in [0.3, 0.4) is 0 Å². The number of carbonyl (C=O) groups excluding carboxylic acids is 1. The summed E-state index contributed by atoms with van der Waals surface area (Å²) in [5.74, 6) is -0.0593. The number of rotatable bonds is 6. The Kier molecular flexibility index (Phi) is 4.98. The molecule has 0 bridgehead atoms. The molecule has 0 saturated heterocycles. The van der Waals surface area contributed by atoms with E-state index in [1.165, 1.54) is 6.42 Å². The minimum atomic E-state index is -0.256. The van der Waals surface area contributed by atoms with Gasteiger partial charge in [0.15, 0.2) is 0 Å². The first-order valence-corrected chi connectivity index (χ1v) is 7.15. The van der Waals surface area contributed by atoms with Crippen LogP contribution in [0.25, 0.3) is 0 Å². The van der Waals surface area contributed by atoms with Gasteiger partial charge in [0.25, 0.3) is 0 Å². The van der Waals surface area contributed by atoms with Crippen LogP contribution in [0, 0.1) is 0 Å². The number of benzene rings is 1. The highest BCUT2D eigenvalue weighted by molar-refractivity contribution is 5.94. The number of carbonyl (C=O) groups is 1. The van der Waals surface area contributed by atoms with Crippen LogP contribution in [0.5, 0.6) is 0 Å².